The molecule has 2 N–H and O–H groups in total. The molecule has 1 aliphatic carbocycles. The van der Waals surface area contributed by atoms with Crippen LogP contribution in [0.25, 0.3) is 11.1 Å². The minimum Gasteiger partial charge on any atom is -0.448 e. The lowest BCUT2D eigenvalue weighted by atomic mass is 9.98. The van der Waals surface area contributed by atoms with Crippen LogP contribution in [0.2, 0.25) is 0 Å². The van der Waals surface area contributed by atoms with Crippen LogP contribution in [0.15, 0.2) is 48.5 Å². The lowest BCUT2D eigenvalue weighted by Crippen LogP contribution is -2.44. The fraction of sp³-hybridized carbons (Fsp3) is 0.400. The molecule has 0 unspecified atom stereocenters. The maximum Gasteiger partial charge on any atom is 0.410 e. The molecule has 2 aromatic carbocycles. The van der Waals surface area contributed by atoms with Crippen LogP contribution in [-0.2, 0) is 14.3 Å². The van der Waals surface area contributed by atoms with E-state index < -0.39 is 17.8 Å². The van der Waals surface area contributed by atoms with E-state index in [0.29, 0.717) is 0 Å². The Labute approximate surface area is 194 Å². The number of rotatable bonds is 7. The summed E-state index contributed by atoms with van der Waals surface area (Å²) in [6.45, 7) is 5.49. The Kier molecular flexibility index (Phi) is 7.58. The standard InChI is InChI=1S/C25H31N3O5/c1-25(2,3)33-23(30)27-13-14-28(15-22(29)26-4)24(31)32-16-21-19-11-7-5-9-17(19)18-10-6-8-12-20(18)21/h5-12,21H,13-16H2,1-4H3,(H,26,29)(H,27,30). The van der Waals surface area contributed by atoms with Gasteiger partial charge in [-0.3, -0.25) is 9.69 Å². The highest BCUT2D eigenvalue weighted by Crippen LogP contribution is 2.44. The van der Waals surface area contributed by atoms with Gasteiger partial charge in [0, 0.05) is 26.1 Å². The Morgan fingerprint density at radius 3 is 2.09 bits per heavy atom. The van der Waals surface area contributed by atoms with Gasteiger partial charge < -0.3 is 20.1 Å². The first kappa shape index (κ1) is 24.1. The zero-order valence-electron chi connectivity index (χ0n) is 19.5. The van der Waals surface area contributed by atoms with Crippen LogP contribution in [0.5, 0.6) is 0 Å². The van der Waals surface area contributed by atoms with Gasteiger partial charge in [-0.15, -0.1) is 0 Å². The average molecular weight is 454 g/mol. The lowest BCUT2D eigenvalue weighted by molar-refractivity contribution is -0.121. The van der Waals surface area contributed by atoms with Crippen LogP contribution in [0.1, 0.15) is 37.8 Å². The average Bonchev–Trinajstić information content (AvgIpc) is 3.09. The zero-order chi connectivity index (χ0) is 24.0. The topological polar surface area (TPSA) is 97.0 Å². The highest BCUT2D eigenvalue weighted by Gasteiger charge is 2.30. The van der Waals surface area contributed by atoms with E-state index in [9.17, 15) is 14.4 Å². The molecule has 2 aromatic rings. The quantitative estimate of drug-likeness (QED) is 0.669. The lowest BCUT2D eigenvalue weighted by Gasteiger charge is -2.24. The van der Waals surface area contributed by atoms with E-state index in [1.54, 1.807) is 20.8 Å². The third kappa shape index (κ3) is 6.25. The smallest absolute Gasteiger partial charge is 0.410 e. The van der Waals surface area contributed by atoms with Crippen molar-refractivity contribution < 1.29 is 23.9 Å². The third-order valence-corrected chi connectivity index (χ3v) is 5.26. The van der Waals surface area contributed by atoms with Gasteiger partial charge in [-0.1, -0.05) is 48.5 Å². The van der Waals surface area contributed by atoms with Crippen LogP contribution in [0.3, 0.4) is 0 Å². The summed E-state index contributed by atoms with van der Waals surface area (Å²) in [5.41, 5.74) is 3.86. The fourth-order valence-corrected chi connectivity index (χ4v) is 3.78. The highest BCUT2D eigenvalue weighted by atomic mass is 16.6. The molecule has 3 rings (SSSR count). The number of benzene rings is 2. The van der Waals surface area contributed by atoms with E-state index in [4.69, 9.17) is 9.47 Å². The summed E-state index contributed by atoms with van der Waals surface area (Å²) in [7, 11) is 1.50. The van der Waals surface area contributed by atoms with Crippen molar-refractivity contribution in [2.24, 2.45) is 0 Å². The second kappa shape index (κ2) is 10.4. The van der Waals surface area contributed by atoms with Gasteiger partial charge in [0.25, 0.3) is 0 Å². The summed E-state index contributed by atoms with van der Waals surface area (Å²) in [5, 5.41) is 5.10. The van der Waals surface area contributed by atoms with Gasteiger partial charge in [-0.2, -0.15) is 0 Å². The number of likely N-dealkylation sites (N-methyl/N-ethyl adjacent to an activating group) is 1. The van der Waals surface area contributed by atoms with Gasteiger partial charge in [-0.05, 0) is 43.0 Å². The Morgan fingerprint density at radius 1 is 0.970 bits per heavy atom. The molecule has 0 aliphatic heterocycles. The van der Waals surface area contributed by atoms with Crippen LogP contribution in [-0.4, -0.2) is 61.9 Å². The first-order valence-electron chi connectivity index (χ1n) is 11.0. The first-order chi connectivity index (χ1) is 15.7. The van der Waals surface area contributed by atoms with E-state index in [2.05, 4.69) is 22.8 Å². The fourth-order valence-electron chi connectivity index (χ4n) is 3.78. The van der Waals surface area contributed by atoms with E-state index in [0.717, 1.165) is 22.3 Å². The van der Waals surface area contributed by atoms with Crippen molar-refractivity contribution in [2.45, 2.75) is 32.3 Å². The van der Waals surface area contributed by atoms with E-state index in [1.807, 2.05) is 36.4 Å². The first-order valence-corrected chi connectivity index (χ1v) is 11.0. The minimum atomic E-state index is -0.626. The molecule has 33 heavy (non-hydrogen) atoms. The number of hydrogen-bond donors (Lipinski definition) is 2. The second-order valence-corrected chi connectivity index (χ2v) is 8.83. The van der Waals surface area contributed by atoms with Gasteiger partial charge in [0.1, 0.15) is 18.8 Å². The van der Waals surface area contributed by atoms with Gasteiger partial charge in [0.2, 0.25) is 5.91 Å². The molecule has 8 heteroatoms. The zero-order valence-corrected chi connectivity index (χ0v) is 19.5. The number of amides is 3. The second-order valence-electron chi connectivity index (χ2n) is 8.83. The SMILES string of the molecule is CNC(=O)CN(CCNC(=O)OC(C)(C)C)C(=O)OCC1c2ccccc2-c2ccccc21. The van der Waals surface area contributed by atoms with Crippen molar-refractivity contribution in [1.29, 1.82) is 0 Å². The molecule has 0 saturated carbocycles. The van der Waals surface area contributed by atoms with Crippen LogP contribution < -0.4 is 10.6 Å². The molecule has 3 amide bonds. The number of ether oxygens (including phenoxy) is 2. The third-order valence-electron chi connectivity index (χ3n) is 5.26. The molecule has 0 fully saturated rings. The van der Waals surface area contributed by atoms with Crippen molar-refractivity contribution in [1.82, 2.24) is 15.5 Å². The Balaban J connectivity index is 1.64. The van der Waals surface area contributed by atoms with Crippen molar-refractivity contribution in [2.75, 3.05) is 33.3 Å². The summed E-state index contributed by atoms with van der Waals surface area (Å²) in [5.74, 6) is -0.413. The summed E-state index contributed by atoms with van der Waals surface area (Å²) < 4.78 is 10.8. The predicted molar refractivity (Wildman–Crippen MR) is 125 cm³/mol. The van der Waals surface area contributed by atoms with Gasteiger partial charge in [0.15, 0.2) is 0 Å². The summed E-state index contributed by atoms with van der Waals surface area (Å²) in [6.07, 6.45) is -1.21. The summed E-state index contributed by atoms with van der Waals surface area (Å²) in [6, 6.07) is 16.1. The van der Waals surface area contributed by atoms with Crippen LogP contribution >= 0.6 is 0 Å². The molecule has 0 aromatic heterocycles. The number of carbonyl (C=O) groups excluding carboxylic acids is 3. The van der Waals surface area contributed by atoms with Gasteiger partial charge in [0.05, 0.1) is 0 Å². The van der Waals surface area contributed by atoms with Crippen molar-refractivity contribution >= 4 is 18.1 Å². The molecule has 0 spiro atoms. The van der Waals surface area contributed by atoms with Gasteiger partial charge >= 0.3 is 12.2 Å². The number of fused-ring (bicyclic) bond motifs is 3. The summed E-state index contributed by atoms with van der Waals surface area (Å²) in [4.78, 5) is 37.9. The molecular weight excluding hydrogens is 422 g/mol. The number of hydrogen-bond acceptors (Lipinski definition) is 5. The van der Waals surface area contributed by atoms with Crippen LogP contribution in [0, 0.1) is 0 Å². The Bertz CT molecular complexity index is 970. The van der Waals surface area contributed by atoms with Crippen molar-refractivity contribution in [3.8, 4) is 11.1 Å². The molecule has 0 radical (unpaired) electrons. The van der Waals surface area contributed by atoms with E-state index in [-0.39, 0.29) is 38.1 Å². The number of nitrogens with zero attached hydrogens (tertiary/aromatic N) is 1. The van der Waals surface area contributed by atoms with Crippen molar-refractivity contribution in [3.63, 3.8) is 0 Å². The molecule has 1 aliphatic rings. The largest absolute Gasteiger partial charge is 0.448 e. The molecule has 176 valence electrons. The molecular formula is C25H31N3O5. The normalized spacial score (nSPS) is 12.4. The monoisotopic (exact) mass is 453 g/mol. The predicted octanol–water partition coefficient (Wildman–Crippen LogP) is 3.51. The van der Waals surface area contributed by atoms with Gasteiger partial charge in [-0.25, -0.2) is 9.59 Å². The number of carbonyl (C=O) groups is 3. The molecule has 0 saturated heterocycles. The summed E-state index contributed by atoms with van der Waals surface area (Å²) >= 11 is 0. The molecule has 0 atom stereocenters. The maximum absolute atomic E-state index is 12.9. The van der Waals surface area contributed by atoms with Crippen molar-refractivity contribution in [3.05, 3.63) is 59.7 Å². The Hall–Kier alpha value is -3.55. The maximum atomic E-state index is 12.9. The highest BCUT2D eigenvalue weighted by molar-refractivity contribution is 5.82. The molecule has 0 heterocycles. The van der Waals surface area contributed by atoms with Crippen LogP contribution in [0.4, 0.5) is 9.59 Å². The molecule has 0 bridgehead atoms. The Morgan fingerprint density at radius 2 is 1.55 bits per heavy atom. The number of alkyl carbamates (subject to hydrolysis) is 1. The molecule has 8 nitrogen and oxygen atoms in total. The van der Waals surface area contributed by atoms with E-state index >= 15 is 0 Å². The van der Waals surface area contributed by atoms with E-state index in [1.165, 1.54) is 11.9 Å². The minimum absolute atomic E-state index is 0.0805. The number of nitrogens with one attached hydrogen (secondary N) is 2.